The Labute approximate surface area is 105 Å². The first-order chi connectivity index (χ1) is 8.55. The quantitative estimate of drug-likeness (QED) is 0.763. The fourth-order valence-electron chi connectivity index (χ4n) is 2.56. The standard InChI is InChI=1S/C10H15N3O4S/c14-18(15,16)9-5-11-13-6-8(7-17-10(9)13)12-3-1-2-4-12/h5,8H,1-4,6-7H2,(H,14,15,16). The van der Waals surface area contributed by atoms with Gasteiger partial charge in [0.2, 0.25) is 5.88 Å². The largest absolute Gasteiger partial charge is 0.475 e. The summed E-state index contributed by atoms with van der Waals surface area (Å²) < 4.78 is 38.2. The molecular formula is C10H15N3O4S. The van der Waals surface area contributed by atoms with Crippen LogP contribution in [0.4, 0.5) is 0 Å². The smallest absolute Gasteiger partial charge is 0.301 e. The topological polar surface area (TPSA) is 84.7 Å². The van der Waals surface area contributed by atoms with Gasteiger partial charge in [-0.05, 0) is 25.9 Å². The highest BCUT2D eigenvalue weighted by Crippen LogP contribution is 2.28. The minimum absolute atomic E-state index is 0.146. The van der Waals surface area contributed by atoms with Gasteiger partial charge in [0.1, 0.15) is 6.61 Å². The van der Waals surface area contributed by atoms with Gasteiger partial charge >= 0.3 is 10.1 Å². The molecule has 0 spiro atoms. The van der Waals surface area contributed by atoms with Gasteiger partial charge in [-0.2, -0.15) is 13.5 Å². The third-order valence-electron chi connectivity index (χ3n) is 3.49. The predicted molar refractivity (Wildman–Crippen MR) is 62.1 cm³/mol. The van der Waals surface area contributed by atoms with Gasteiger partial charge in [-0.3, -0.25) is 9.45 Å². The Morgan fingerprint density at radius 1 is 1.39 bits per heavy atom. The molecule has 0 aliphatic carbocycles. The van der Waals surface area contributed by atoms with Gasteiger partial charge in [-0.15, -0.1) is 0 Å². The fraction of sp³-hybridized carbons (Fsp3) is 0.700. The van der Waals surface area contributed by atoms with Crippen molar-refractivity contribution in [2.24, 2.45) is 0 Å². The summed E-state index contributed by atoms with van der Waals surface area (Å²) in [7, 11) is -4.26. The molecule has 1 unspecified atom stereocenters. The maximum atomic E-state index is 11.1. The van der Waals surface area contributed by atoms with Crippen molar-refractivity contribution in [2.45, 2.75) is 30.3 Å². The summed E-state index contributed by atoms with van der Waals surface area (Å²) in [6.45, 7) is 3.14. The molecule has 18 heavy (non-hydrogen) atoms. The summed E-state index contributed by atoms with van der Waals surface area (Å²) in [6, 6.07) is 0.231. The molecule has 0 saturated carbocycles. The van der Waals surface area contributed by atoms with Gasteiger partial charge in [0.15, 0.2) is 4.90 Å². The number of likely N-dealkylation sites (tertiary alicyclic amines) is 1. The predicted octanol–water partition coefficient (Wildman–Crippen LogP) is -0.0134. The average molecular weight is 273 g/mol. The molecular weight excluding hydrogens is 258 g/mol. The molecule has 100 valence electrons. The Kier molecular flexibility index (Phi) is 2.80. The van der Waals surface area contributed by atoms with Gasteiger partial charge in [0, 0.05) is 0 Å². The van der Waals surface area contributed by atoms with E-state index in [9.17, 15) is 8.42 Å². The molecule has 1 aromatic rings. The van der Waals surface area contributed by atoms with Crippen molar-refractivity contribution in [1.29, 1.82) is 0 Å². The number of hydrogen-bond acceptors (Lipinski definition) is 5. The van der Waals surface area contributed by atoms with Crippen molar-refractivity contribution < 1.29 is 17.7 Å². The Balaban J connectivity index is 1.84. The molecule has 1 fully saturated rings. The molecule has 0 radical (unpaired) electrons. The summed E-state index contributed by atoms with van der Waals surface area (Å²) >= 11 is 0. The Morgan fingerprint density at radius 2 is 2.11 bits per heavy atom. The van der Waals surface area contributed by atoms with E-state index in [2.05, 4.69) is 10.00 Å². The van der Waals surface area contributed by atoms with E-state index in [4.69, 9.17) is 9.29 Å². The second-order valence-electron chi connectivity index (χ2n) is 4.68. The minimum Gasteiger partial charge on any atom is -0.475 e. The number of nitrogens with zero attached hydrogens (tertiary/aromatic N) is 3. The number of ether oxygens (including phenoxy) is 1. The number of fused-ring (bicyclic) bond motifs is 1. The lowest BCUT2D eigenvalue weighted by atomic mass is 10.2. The Morgan fingerprint density at radius 3 is 2.78 bits per heavy atom. The maximum Gasteiger partial charge on any atom is 0.301 e. The molecule has 0 aromatic carbocycles. The van der Waals surface area contributed by atoms with Crippen molar-refractivity contribution >= 4 is 10.1 Å². The zero-order valence-electron chi connectivity index (χ0n) is 9.82. The highest BCUT2D eigenvalue weighted by atomic mass is 32.2. The van der Waals surface area contributed by atoms with Gasteiger partial charge in [-0.1, -0.05) is 0 Å². The SMILES string of the molecule is O=S(=O)(O)c1cnn2c1OCC(N1CCCC1)C2. The number of hydrogen-bond donors (Lipinski definition) is 1. The molecule has 0 amide bonds. The highest BCUT2D eigenvalue weighted by molar-refractivity contribution is 7.86. The Hall–Kier alpha value is -1.12. The number of aromatic nitrogens is 2. The molecule has 2 aliphatic rings. The van der Waals surface area contributed by atoms with E-state index in [1.165, 1.54) is 17.5 Å². The van der Waals surface area contributed by atoms with Crippen molar-refractivity contribution in [2.75, 3.05) is 19.7 Å². The zero-order chi connectivity index (χ0) is 12.8. The summed E-state index contributed by atoms with van der Waals surface area (Å²) in [5.41, 5.74) is 0. The van der Waals surface area contributed by atoms with Crippen molar-refractivity contribution in [1.82, 2.24) is 14.7 Å². The molecule has 1 atom stereocenters. The first kappa shape index (κ1) is 11.9. The second kappa shape index (κ2) is 4.22. The molecule has 1 aromatic heterocycles. The van der Waals surface area contributed by atoms with Crippen LogP contribution in [0.25, 0.3) is 0 Å². The van der Waals surface area contributed by atoms with Crippen LogP contribution in [0.5, 0.6) is 5.88 Å². The van der Waals surface area contributed by atoms with Crippen LogP contribution < -0.4 is 4.74 Å². The van der Waals surface area contributed by atoms with Crippen molar-refractivity contribution in [3.05, 3.63) is 6.20 Å². The summed E-state index contributed by atoms with van der Waals surface area (Å²) in [6.07, 6.45) is 3.52. The lowest BCUT2D eigenvalue weighted by molar-refractivity contribution is 0.0992. The monoisotopic (exact) mass is 273 g/mol. The third-order valence-corrected chi connectivity index (χ3v) is 4.33. The van der Waals surface area contributed by atoms with Gasteiger partial charge in [0.05, 0.1) is 18.8 Å². The Bertz CT molecular complexity index is 547. The van der Waals surface area contributed by atoms with Crippen LogP contribution in [0, 0.1) is 0 Å². The summed E-state index contributed by atoms with van der Waals surface area (Å²) in [4.78, 5) is 2.08. The lowest BCUT2D eigenvalue weighted by Crippen LogP contribution is -2.43. The van der Waals surface area contributed by atoms with Crippen LogP contribution in [0.3, 0.4) is 0 Å². The van der Waals surface area contributed by atoms with Crippen molar-refractivity contribution in [3.63, 3.8) is 0 Å². The van der Waals surface area contributed by atoms with E-state index in [1.54, 1.807) is 0 Å². The van der Waals surface area contributed by atoms with Crippen molar-refractivity contribution in [3.8, 4) is 5.88 Å². The maximum absolute atomic E-state index is 11.1. The van der Waals surface area contributed by atoms with Crippen LogP contribution in [0.2, 0.25) is 0 Å². The molecule has 1 N–H and O–H groups in total. The lowest BCUT2D eigenvalue weighted by Gasteiger charge is -2.31. The fourth-order valence-corrected chi connectivity index (χ4v) is 3.13. The molecule has 0 bridgehead atoms. The van der Waals surface area contributed by atoms with Gasteiger partial charge < -0.3 is 4.74 Å². The minimum atomic E-state index is -4.26. The molecule has 3 heterocycles. The highest BCUT2D eigenvalue weighted by Gasteiger charge is 2.32. The normalized spacial score (nSPS) is 24.8. The molecule has 8 heteroatoms. The van der Waals surface area contributed by atoms with E-state index in [0.717, 1.165) is 19.3 Å². The summed E-state index contributed by atoms with van der Waals surface area (Å²) in [5, 5.41) is 3.97. The first-order valence-corrected chi connectivity index (χ1v) is 7.40. The molecule has 3 rings (SSSR count). The first-order valence-electron chi connectivity index (χ1n) is 5.96. The third kappa shape index (κ3) is 2.00. The van der Waals surface area contributed by atoms with Crippen LogP contribution in [0.15, 0.2) is 11.1 Å². The number of rotatable bonds is 2. The van der Waals surface area contributed by atoms with E-state index in [1.807, 2.05) is 0 Å². The molecule has 2 aliphatic heterocycles. The molecule has 1 saturated heterocycles. The zero-order valence-corrected chi connectivity index (χ0v) is 10.6. The average Bonchev–Trinajstić information content (AvgIpc) is 2.96. The van der Waals surface area contributed by atoms with Crippen LogP contribution >= 0.6 is 0 Å². The van der Waals surface area contributed by atoms with E-state index >= 15 is 0 Å². The summed E-state index contributed by atoms with van der Waals surface area (Å²) in [5.74, 6) is 0.146. The van der Waals surface area contributed by atoms with Crippen LogP contribution in [-0.4, -0.2) is 53.4 Å². The van der Waals surface area contributed by atoms with Gasteiger partial charge in [-0.25, -0.2) is 4.68 Å². The van der Waals surface area contributed by atoms with E-state index < -0.39 is 10.1 Å². The second-order valence-corrected chi connectivity index (χ2v) is 6.07. The van der Waals surface area contributed by atoms with E-state index in [0.29, 0.717) is 13.2 Å². The van der Waals surface area contributed by atoms with Gasteiger partial charge in [0.25, 0.3) is 0 Å². The van der Waals surface area contributed by atoms with E-state index in [-0.39, 0.29) is 16.8 Å². The molecule has 7 nitrogen and oxygen atoms in total. The van der Waals surface area contributed by atoms with Crippen LogP contribution in [-0.2, 0) is 16.7 Å². The van der Waals surface area contributed by atoms with Crippen LogP contribution in [0.1, 0.15) is 12.8 Å².